The highest BCUT2D eigenvalue weighted by Crippen LogP contribution is 2.09. The summed E-state index contributed by atoms with van der Waals surface area (Å²) >= 11 is 0. The van der Waals surface area contributed by atoms with Crippen molar-refractivity contribution in [1.29, 1.82) is 0 Å². The highest BCUT2D eigenvalue weighted by molar-refractivity contribution is 4.98. The third kappa shape index (κ3) is 2.70. The van der Waals surface area contributed by atoms with Crippen molar-refractivity contribution in [2.24, 2.45) is 11.7 Å². The molecule has 1 aromatic heterocycles. The summed E-state index contributed by atoms with van der Waals surface area (Å²) in [5.74, 6) is 1.59. The number of rotatable bonds is 4. The molecule has 1 heterocycles. The van der Waals surface area contributed by atoms with Gasteiger partial charge in [0, 0.05) is 12.5 Å². The first-order valence-electron chi connectivity index (χ1n) is 4.48. The van der Waals surface area contributed by atoms with E-state index in [0.29, 0.717) is 5.92 Å². The Hall–Kier alpha value is -0.760. The molecular weight excluding hydrogens is 150 g/mol. The van der Waals surface area contributed by atoms with E-state index < -0.39 is 0 Å². The molecular formula is C10H17NO. The fourth-order valence-corrected chi connectivity index (χ4v) is 1.10. The van der Waals surface area contributed by atoms with E-state index in [1.165, 1.54) is 0 Å². The summed E-state index contributed by atoms with van der Waals surface area (Å²) in [7, 11) is 0. The van der Waals surface area contributed by atoms with Crippen LogP contribution in [0.2, 0.25) is 0 Å². The van der Waals surface area contributed by atoms with E-state index in [0.717, 1.165) is 18.6 Å². The highest BCUT2D eigenvalue weighted by Gasteiger charge is 2.07. The van der Waals surface area contributed by atoms with E-state index in [1.54, 1.807) is 6.26 Å². The molecule has 2 N–H and O–H groups in total. The molecule has 0 saturated carbocycles. The zero-order chi connectivity index (χ0) is 8.97. The minimum atomic E-state index is 0.287. The van der Waals surface area contributed by atoms with Gasteiger partial charge in [-0.3, -0.25) is 0 Å². The van der Waals surface area contributed by atoms with Gasteiger partial charge >= 0.3 is 0 Å². The summed E-state index contributed by atoms with van der Waals surface area (Å²) in [5, 5.41) is 0. The van der Waals surface area contributed by atoms with Gasteiger partial charge in [-0.25, -0.2) is 0 Å². The molecule has 1 rings (SSSR count). The molecule has 0 aliphatic heterocycles. The lowest BCUT2D eigenvalue weighted by molar-refractivity contribution is 0.433. The van der Waals surface area contributed by atoms with E-state index in [-0.39, 0.29) is 6.04 Å². The molecule has 0 spiro atoms. The third-order valence-corrected chi connectivity index (χ3v) is 2.16. The lowest BCUT2D eigenvalue weighted by Crippen LogP contribution is -2.26. The van der Waals surface area contributed by atoms with Gasteiger partial charge in [0.25, 0.3) is 0 Å². The molecule has 1 aromatic rings. The van der Waals surface area contributed by atoms with Gasteiger partial charge in [-0.1, -0.05) is 13.8 Å². The second-order valence-corrected chi connectivity index (χ2v) is 3.53. The molecule has 0 amide bonds. The quantitative estimate of drug-likeness (QED) is 0.746. The van der Waals surface area contributed by atoms with Gasteiger partial charge in [0.05, 0.1) is 6.26 Å². The summed E-state index contributed by atoms with van der Waals surface area (Å²) in [6, 6.07) is 4.19. The first-order chi connectivity index (χ1) is 5.70. The van der Waals surface area contributed by atoms with Gasteiger partial charge in [-0.2, -0.15) is 0 Å². The Morgan fingerprint density at radius 2 is 2.25 bits per heavy atom. The molecule has 0 radical (unpaired) electrons. The van der Waals surface area contributed by atoms with Crippen LogP contribution < -0.4 is 5.73 Å². The van der Waals surface area contributed by atoms with E-state index in [9.17, 15) is 0 Å². The standard InChI is InChI=1S/C10H17NO/c1-8(2)10(11)6-5-9-4-3-7-12-9/h3-4,7-8,10H,5-6,11H2,1-2H3. The number of hydrogen-bond donors (Lipinski definition) is 1. The summed E-state index contributed by atoms with van der Waals surface area (Å²) in [6.07, 6.45) is 3.66. The lowest BCUT2D eigenvalue weighted by atomic mass is 10.00. The Morgan fingerprint density at radius 3 is 2.75 bits per heavy atom. The number of aryl methyl sites for hydroxylation is 1. The molecule has 1 atom stereocenters. The Balaban J connectivity index is 2.27. The van der Waals surface area contributed by atoms with Crippen LogP contribution in [0.15, 0.2) is 22.8 Å². The molecule has 0 fully saturated rings. The topological polar surface area (TPSA) is 39.2 Å². The van der Waals surface area contributed by atoms with Crippen molar-refractivity contribution in [3.63, 3.8) is 0 Å². The van der Waals surface area contributed by atoms with Gasteiger partial charge in [0.15, 0.2) is 0 Å². The zero-order valence-electron chi connectivity index (χ0n) is 7.79. The second-order valence-electron chi connectivity index (χ2n) is 3.53. The fraction of sp³-hybridized carbons (Fsp3) is 0.600. The van der Waals surface area contributed by atoms with Gasteiger partial charge in [0.1, 0.15) is 5.76 Å². The minimum Gasteiger partial charge on any atom is -0.469 e. The van der Waals surface area contributed by atoms with Crippen molar-refractivity contribution in [3.05, 3.63) is 24.2 Å². The molecule has 0 saturated heterocycles. The predicted molar refractivity (Wildman–Crippen MR) is 49.8 cm³/mol. The maximum Gasteiger partial charge on any atom is 0.103 e. The van der Waals surface area contributed by atoms with Gasteiger partial charge in [-0.05, 0) is 24.5 Å². The van der Waals surface area contributed by atoms with Crippen LogP contribution in [0.5, 0.6) is 0 Å². The first-order valence-corrected chi connectivity index (χ1v) is 4.48. The lowest BCUT2D eigenvalue weighted by Gasteiger charge is -2.13. The molecule has 0 aromatic carbocycles. The van der Waals surface area contributed by atoms with Gasteiger partial charge in [-0.15, -0.1) is 0 Å². The Morgan fingerprint density at radius 1 is 1.50 bits per heavy atom. The van der Waals surface area contributed by atoms with Crippen LogP contribution in [0.25, 0.3) is 0 Å². The van der Waals surface area contributed by atoms with E-state index in [1.807, 2.05) is 12.1 Å². The minimum absolute atomic E-state index is 0.287. The van der Waals surface area contributed by atoms with Crippen LogP contribution >= 0.6 is 0 Å². The van der Waals surface area contributed by atoms with E-state index >= 15 is 0 Å². The molecule has 12 heavy (non-hydrogen) atoms. The largest absolute Gasteiger partial charge is 0.469 e. The molecule has 0 aliphatic carbocycles. The molecule has 1 unspecified atom stereocenters. The number of hydrogen-bond acceptors (Lipinski definition) is 2. The number of nitrogens with two attached hydrogens (primary N) is 1. The van der Waals surface area contributed by atoms with Crippen LogP contribution in [0.3, 0.4) is 0 Å². The van der Waals surface area contributed by atoms with Gasteiger partial charge < -0.3 is 10.2 Å². The van der Waals surface area contributed by atoms with Gasteiger partial charge in [0.2, 0.25) is 0 Å². The zero-order valence-corrected chi connectivity index (χ0v) is 7.79. The molecule has 2 nitrogen and oxygen atoms in total. The predicted octanol–water partition coefficient (Wildman–Crippen LogP) is 2.20. The van der Waals surface area contributed by atoms with Crippen molar-refractivity contribution in [1.82, 2.24) is 0 Å². The van der Waals surface area contributed by atoms with Crippen molar-refractivity contribution in [2.75, 3.05) is 0 Å². The molecule has 0 bridgehead atoms. The summed E-state index contributed by atoms with van der Waals surface area (Å²) in [6.45, 7) is 4.29. The molecule has 2 heteroatoms. The maximum atomic E-state index is 5.89. The van der Waals surface area contributed by atoms with Crippen LogP contribution in [0, 0.1) is 5.92 Å². The first kappa shape index (κ1) is 9.33. The Labute approximate surface area is 73.8 Å². The van der Waals surface area contributed by atoms with Crippen LogP contribution in [0.4, 0.5) is 0 Å². The maximum absolute atomic E-state index is 5.89. The summed E-state index contributed by atoms with van der Waals surface area (Å²) in [5.41, 5.74) is 5.89. The SMILES string of the molecule is CC(C)C(N)CCc1ccco1. The van der Waals surface area contributed by atoms with E-state index in [4.69, 9.17) is 10.2 Å². The van der Waals surface area contributed by atoms with Crippen molar-refractivity contribution in [2.45, 2.75) is 32.7 Å². The van der Waals surface area contributed by atoms with E-state index in [2.05, 4.69) is 13.8 Å². The normalized spacial score (nSPS) is 13.7. The molecule has 68 valence electrons. The highest BCUT2D eigenvalue weighted by atomic mass is 16.3. The van der Waals surface area contributed by atoms with Crippen LogP contribution in [-0.4, -0.2) is 6.04 Å². The summed E-state index contributed by atoms with van der Waals surface area (Å²) in [4.78, 5) is 0. The number of furan rings is 1. The smallest absolute Gasteiger partial charge is 0.103 e. The van der Waals surface area contributed by atoms with Crippen molar-refractivity contribution < 1.29 is 4.42 Å². The summed E-state index contributed by atoms with van der Waals surface area (Å²) < 4.78 is 5.21. The Kier molecular flexibility index (Phi) is 3.35. The average Bonchev–Trinajstić information content (AvgIpc) is 2.51. The van der Waals surface area contributed by atoms with Crippen molar-refractivity contribution >= 4 is 0 Å². The third-order valence-electron chi connectivity index (χ3n) is 2.16. The van der Waals surface area contributed by atoms with Crippen molar-refractivity contribution in [3.8, 4) is 0 Å². The van der Waals surface area contributed by atoms with Crippen LogP contribution in [0.1, 0.15) is 26.0 Å². The average molecular weight is 167 g/mol. The Bertz CT molecular complexity index is 204. The molecule has 0 aliphatic rings. The van der Waals surface area contributed by atoms with Crippen LogP contribution in [-0.2, 0) is 6.42 Å². The fourth-order valence-electron chi connectivity index (χ4n) is 1.10. The monoisotopic (exact) mass is 167 g/mol. The second kappa shape index (κ2) is 4.31.